The molecule has 1 unspecified atom stereocenters. The van der Waals surface area contributed by atoms with Gasteiger partial charge in [0.2, 0.25) is 0 Å². The van der Waals surface area contributed by atoms with E-state index in [-0.39, 0.29) is 0 Å². The van der Waals surface area contributed by atoms with Crippen LogP contribution in [-0.4, -0.2) is 24.8 Å². The van der Waals surface area contributed by atoms with Crippen LogP contribution in [0.4, 0.5) is 0 Å². The minimum absolute atomic E-state index is 0.449. The highest BCUT2D eigenvalue weighted by Crippen LogP contribution is 2.08. The number of hydroxylamine groups is 2. The van der Waals surface area contributed by atoms with Gasteiger partial charge in [0.05, 0.1) is 6.10 Å². The van der Waals surface area contributed by atoms with Gasteiger partial charge in [0.1, 0.15) is 0 Å². The maximum atomic E-state index is 5.19. The molecule has 0 aliphatic carbocycles. The van der Waals surface area contributed by atoms with Crippen molar-refractivity contribution in [2.24, 2.45) is 0 Å². The van der Waals surface area contributed by atoms with Crippen LogP contribution in [0.5, 0.6) is 0 Å². The van der Waals surface area contributed by atoms with Gasteiger partial charge in [-0.15, -0.1) is 0 Å². The molecule has 42 valence electrons. The van der Waals surface area contributed by atoms with Crippen molar-refractivity contribution < 1.29 is 4.84 Å². The zero-order valence-corrected chi connectivity index (χ0v) is 4.85. The van der Waals surface area contributed by atoms with E-state index in [9.17, 15) is 0 Å². The van der Waals surface area contributed by atoms with E-state index in [1.54, 1.807) is 0 Å². The van der Waals surface area contributed by atoms with Crippen molar-refractivity contribution in [2.75, 3.05) is 13.6 Å². The van der Waals surface area contributed by atoms with Crippen LogP contribution < -0.4 is 0 Å². The Morgan fingerprint density at radius 1 is 1.71 bits per heavy atom. The van der Waals surface area contributed by atoms with Crippen molar-refractivity contribution in [1.82, 2.24) is 5.06 Å². The molecular formula is C5H11NO. The number of hydrogen-bond acceptors (Lipinski definition) is 2. The van der Waals surface area contributed by atoms with E-state index < -0.39 is 0 Å². The summed E-state index contributed by atoms with van der Waals surface area (Å²) in [7, 11) is 1.96. The molecule has 0 bridgehead atoms. The van der Waals surface area contributed by atoms with Crippen LogP contribution in [-0.2, 0) is 4.84 Å². The van der Waals surface area contributed by atoms with E-state index in [0.717, 1.165) is 6.54 Å². The fourth-order valence-electron chi connectivity index (χ4n) is 0.776. The number of rotatable bonds is 0. The molecule has 0 radical (unpaired) electrons. The van der Waals surface area contributed by atoms with Gasteiger partial charge in [-0.05, 0) is 13.3 Å². The third kappa shape index (κ3) is 1.14. The van der Waals surface area contributed by atoms with E-state index in [1.807, 2.05) is 12.1 Å². The van der Waals surface area contributed by atoms with E-state index in [0.29, 0.717) is 6.10 Å². The van der Waals surface area contributed by atoms with Gasteiger partial charge in [0.15, 0.2) is 0 Å². The lowest BCUT2D eigenvalue weighted by molar-refractivity contribution is -0.120. The lowest BCUT2D eigenvalue weighted by Crippen LogP contribution is -2.11. The first-order valence-electron chi connectivity index (χ1n) is 2.67. The fraction of sp³-hybridized carbons (Fsp3) is 1.00. The summed E-state index contributed by atoms with van der Waals surface area (Å²) in [6, 6.07) is 0. The first-order valence-corrected chi connectivity index (χ1v) is 2.67. The molecule has 1 aliphatic heterocycles. The van der Waals surface area contributed by atoms with Crippen LogP contribution in [0.2, 0.25) is 0 Å². The van der Waals surface area contributed by atoms with Gasteiger partial charge in [0.25, 0.3) is 0 Å². The molecular weight excluding hydrogens is 90.1 g/mol. The predicted octanol–water partition coefficient (Wildman–Crippen LogP) is 0.642. The second kappa shape index (κ2) is 1.80. The Balaban J connectivity index is 2.26. The van der Waals surface area contributed by atoms with E-state index in [4.69, 9.17) is 4.84 Å². The third-order valence-electron chi connectivity index (χ3n) is 1.21. The summed E-state index contributed by atoms with van der Waals surface area (Å²) in [5, 5.41) is 1.88. The lowest BCUT2D eigenvalue weighted by Gasteiger charge is -2.05. The Morgan fingerprint density at radius 2 is 2.43 bits per heavy atom. The molecule has 0 saturated carbocycles. The molecule has 1 rings (SSSR count). The average molecular weight is 101 g/mol. The van der Waals surface area contributed by atoms with Crippen LogP contribution in [0.15, 0.2) is 0 Å². The summed E-state index contributed by atoms with van der Waals surface area (Å²) in [6.45, 7) is 3.17. The van der Waals surface area contributed by atoms with Crippen LogP contribution >= 0.6 is 0 Å². The summed E-state index contributed by atoms with van der Waals surface area (Å²) < 4.78 is 0. The molecule has 0 spiro atoms. The van der Waals surface area contributed by atoms with Gasteiger partial charge in [0, 0.05) is 13.6 Å². The average Bonchev–Trinajstić information content (AvgIpc) is 1.87. The molecule has 1 saturated heterocycles. The highest BCUT2D eigenvalue weighted by atomic mass is 16.7. The van der Waals surface area contributed by atoms with Crippen molar-refractivity contribution in [2.45, 2.75) is 19.4 Å². The lowest BCUT2D eigenvalue weighted by atomic mass is 10.3. The summed E-state index contributed by atoms with van der Waals surface area (Å²) in [4.78, 5) is 5.19. The molecule has 0 amide bonds. The smallest absolute Gasteiger partial charge is 0.0778 e. The zero-order chi connectivity index (χ0) is 5.28. The molecule has 7 heavy (non-hydrogen) atoms. The maximum absolute atomic E-state index is 5.19. The summed E-state index contributed by atoms with van der Waals surface area (Å²) in [5.74, 6) is 0. The van der Waals surface area contributed by atoms with E-state index in [2.05, 4.69) is 6.92 Å². The monoisotopic (exact) mass is 101 g/mol. The molecule has 1 aliphatic rings. The molecule has 0 N–H and O–H groups in total. The Kier molecular flexibility index (Phi) is 1.30. The largest absolute Gasteiger partial charge is 0.296 e. The predicted molar refractivity (Wildman–Crippen MR) is 27.8 cm³/mol. The molecule has 0 aromatic heterocycles. The van der Waals surface area contributed by atoms with Gasteiger partial charge in [-0.2, -0.15) is 5.06 Å². The molecule has 1 fully saturated rings. The molecule has 2 heteroatoms. The summed E-state index contributed by atoms with van der Waals surface area (Å²) >= 11 is 0. The Hall–Kier alpha value is -0.0800. The normalized spacial score (nSPS) is 34.3. The van der Waals surface area contributed by atoms with Crippen LogP contribution in [0.1, 0.15) is 13.3 Å². The minimum Gasteiger partial charge on any atom is -0.296 e. The zero-order valence-electron chi connectivity index (χ0n) is 4.85. The molecule has 0 aromatic rings. The first-order chi connectivity index (χ1) is 3.29. The maximum Gasteiger partial charge on any atom is 0.0778 e. The molecule has 1 heterocycles. The van der Waals surface area contributed by atoms with Crippen molar-refractivity contribution in [1.29, 1.82) is 0 Å². The highest BCUT2D eigenvalue weighted by molar-refractivity contribution is 4.56. The summed E-state index contributed by atoms with van der Waals surface area (Å²) in [6.07, 6.45) is 1.63. The Bertz CT molecular complexity index is 57.1. The van der Waals surface area contributed by atoms with Crippen LogP contribution in [0.3, 0.4) is 0 Å². The highest BCUT2D eigenvalue weighted by Gasteiger charge is 2.14. The van der Waals surface area contributed by atoms with Crippen molar-refractivity contribution >= 4 is 0 Å². The molecule has 0 aromatic carbocycles. The van der Waals surface area contributed by atoms with Gasteiger partial charge in [-0.1, -0.05) is 0 Å². The number of hydrogen-bond donors (Lipinski definition) is 0. The topological polar surface area (TPSA) is 12.5 Å². The quantitative estimate of drug-likeness (QED) is 0.444. The molecule has 2 nitrogen and oxygen atoms in total. The Labute approximate surface area is 44.0 Å². The van der Waals surface area contributed by atoms with E-state index >= 15 is 0 Å². The van der Waals surface area contributed by atoms with E-state index in [1.165, 1.54) is 6.42 Å². The van der Waals surface area contributed by atoms with Crippen LogP contribution in [0, 0.1) is 0 Å². The van der Waals surface area contributed by atoms with Crippen molar-refractivity contribution in [3.63, 3.8) is 0 Å². The second-order valence-electron chi connectivity index (χ2n) is 2.06. The Morgan fingerprint density at radius 3 is 2.57 bits per heavy atom. The van der Waals surface area contributed by atoms with Gasteiger partial charge >= 0.3 is 0 Å². The van der Waals surface area contributed by atoms with Crippen molar-refractivity contribution in [3.05, 3.63) is 0 Å². The van der Waals surface area contributed by atoms with Gasteiger partial charge < -0.3 is 0 Å². The minimum atomic E-state index is 0.449. The third-order valence-corrected chi connectivity index (χ3v) is 1.21. The first kappa shape index (κ1) is 5.06. The SMILES string of the molecule is CC1CCN(C)O1. The van der Waals surface area contributed by atoms with Gasteiger partial charge in [-0.25, -0.2) is 0 Å². The standard InChI is InChI=1S/C5H11NO/c1-5-3-4-6(2)7-5/h5H,3-4H2,1-2H3. The second-order valence-corrected chi connectivity index (χ2v) is 2.06. The van der Waals surface area contributed by atoms with Gasteiger partial charge in [-0.3, -0.25) is 4.84 Å². The van der Waals surface area contributed by atoms with Crippen molar-refractivity contribution in [3.8, 4) is 0 Å². The fourth-order valence-corrected chi connectivity index (χ4v) is 0.776. The summed E-state index contributed by atoms with van der Waals surface area (Å²) in [5.41, 5.74) is 0. The molecule has 1 atom stereocenters. The number of nitrogens with zero attached hydrogens (tertiary/aromatic N) is 1. The van der Waals surface area contributed by atoms with Crippen LogP contribution in [0.25, 0.3) is 0 Å².